The number of anilines is 2. The number of aliphatic hydroxyl groups is 2. The van der Waals surface area contributed by atoms with Crippen molar-refractivity contribution in [1.29, 1.82) is 0 Å². The number of carbonyl (C=O) groups is 3. The predicted molar refractivity (Wildman–Crippen MR) is 82.9 cm³/mol. The van der Waals surface area contributed by atoms with Gasteiger partial charge in [-0.25, -0.2) is 0 Å². The van der Waals surface area contributed by atoms with E-state index in [-0.39, 0.29) is 31.9 Å². The lowest BCUT2D eigenvalue weighted by Gasteiger charge is -2.30. The molecule has 2 amide bonds. The number of benzene rings is 1. The Morgan fingerprint density at radius 1 is 1.33 bits per heavy atom. The molecule has 0 aliphatic carbocycles. The van der Waals surface area contributed by atoms with E-state index in [9.17, 15) is 19.5 Å². The molecule has 0 spiro atoms. The fraction of sp³-hybridized carbons (Fsp3) is 0.400. The van der Waals surface area contributed by atoms with Gasteiger partial charge in [0.15, 0.2) is 6.61 Å². The van der Waals surface area contributed by atoms with Gasteiger partial charge in [-0.3, -0.25) is 14.4 Å². The van der Waals surface area contributed by atoms with Crippen molar-refractivity contribution >= 4 is 29.2 Å². The lowest BCUT2D eigenvalue weighted by molar-refractivity contribution is -0.138. The number of carboxylic acid groups (broad SMARTS) is 1. The molecule has 9 nitrogen and oxygen atoms in total. The summed E-state index contributed by atoms with van der Waals surface area (Å²) in [5, 5.41) is 29.6. The summed E-state index contributed by atoms with van der Waals surface area (Å²) >= 11 is 0. The molecule has 2 rings (SSSR count). The highest BCUT2D eigenvalue weighted by Crippen LogP contribution is 2.34. The lowest BCUT2D eigenvalue weighted by atomic mass is 10.2. The number of aliphatic carboxylic acids is 1. The van der Waals surface area contributed by atoms with Crippen LogP contribution in [0.15, 0.2) is 18.2 Å². The van der Waals surface area contributed by atoms with Gasteiger partial charge in [0, 0.05) is 18.2 Å². The van der Waals surface area contributed by atoms with E-state index in [1.165, 1.54) is 17.0 Å². The van der Waals surface area contributed by atoms with Gasteiger partial charge >= 0.3 is 5.97 Å². The zero-order valence-corrected chi connectivity index (χ0v) is 12.8. The molecule has 1 aliphatic heterocycles. The molecule has 0 saturated heterocycles. The Labute approximate surface area is 137 Å². The largest absolute Gasteiger partial charge is 0.481 e. The molecule has 4 N–H and O–H groups in total. The number of carbonyl (C=O) groups excluding carboxylic acids is 2. The van der Waals surface area contributed by atoms with Gasteiger partial charge in [-0.05, 0) is 12.1 Å². The van der Waals surface area contributed by atoms with E-state index in [1.807, 2.05) is 0 Å². The Bertz CT molecular complexity index is 647. The molecule has 1 atom stereocenters. The molecule has 9 heteroatoms. The predicted octanol–water partition coefficient (Wildman–Crippen LogP) is -0.432. The van der Waals surface area contributed by atoms with Crippen LogP contribution in [0.3, 0.4) is 0 Å². The third-order valence-electron chi connectivity index (χ3n) is 3.36. The molecule has 0 saturated carbocycles. The first-order valence-electron chi connectivity index (χ1n) is 7.28. The Morgan fingerprint density at radius 3 is 2.75 bits per heavy atom. The maximum atomic E-state index is 11.9. The second kappa shape index (κ2) is 7.75. The minimum atomic E-state index is -1.07. The van der Waals surface area contributed by atoms with Crippen LogP contribution in [-0.4, -0.2) is 59.0 Å². The molecule has 24 heavy (non-hydrogen) atoms. The zero-order valence-electron chi connectivity index (χ0n) is 12.8. The van der Waals surface area contributed by atoms with Gasteiger partial charge in [-0.1, -0.05) is 0 Å². The second-order valence-corrected chi connectivity index (χ2v) is 5.25. The highest BCUT2D eigenvalue weighted by molar-refractivity contribution is 5.99. The number of nitrogens with one attached hydrogen (secondary N) is 1. The topological polar surface area (TPSA) is 136 Å². The number of ether oxygens (including phenoxy) is 1. The number of hydrogen-bond donors (Lipinski definition) is 4. The number of β-amino-alcohol motifs (C(OH)–C–C–N with tert-alkyl or cyclic N) is 1. The normalized spacial score (nSPS) is 14.6. The highest BCUT2D eigenvalue weighted by atomic mass is 16.5. The Kier molecular flexibility index (Phi) is 5.72. The van der Waals surface area contributed by atoms with Crippen LogP contribution in [0, 0.1) is 0 Å². The second-order valence-electron chi connectivity index (χ2n) is 5.25. The first-order chi connectivity index (χ1) is 11.4. The van der Waals surface area contributed by atoms with Gasteiger partial charge in [0.2, 0.25) is 5.91 Å². The van der Waals surface area contributed by atoms with E-state index >= 15 is 0 Å². The van der Waals surface area contributed by atoms with Gasteiger partial charge in [0.05, 0.1) is 31.4 Å². The lowest BCUT2D eigenvalue weighted by Crippen LogP contribution is -2.44. The molecule has 1 heterocycles. The number of aliphatic hydroxyl groups excluding tert-OH is 2. The number of nitrogens with zero attached hydrogens (tertiary/aromatic N) is 1. The smallest absolute Gasteiger partial charge is 0.303 e. The molecule has 1 aromatic rings. The fourth-order valence-corrected chi connectivity index (χ4v) is 2.19. The van der Waals surface area contributed by atoms with Crippen LogP contribution in [0.25, 0.3) is 0 Å². The van der Waals surface area contributed by atoms with E-state index in [0.717, 1.165) is 0 Å². The van der Waals surface area contributed by atoms with Crippen LogP contribution in [-0.2, 0) is 14.4 Å². The van der Waals surface area contributed by atoms with Gasteiger partial charge < -0.3 is 30.3 Å². The summed E-state index contributed by atoms with van der Waals surface area (Å²) in [7, 11) is 0. The van der Waals surface area contributed by atoms with Gasteiger partial charge in [-0.2, -0.15) is 0 Å². The molecule has 1 unspecified atom stereocenters. The molecule has 1 aromatic carbocycles. The van der Waals surface area contributed by atoms with E-state index < -0.39 is 24.6 Å². The number of carboxylic acids is 1. The quantitative estimate of drug-likeness (QED) is 0.529. The maximum absolute atomic E-state index is 11.9. The third-order valence-corrected chi connectivity index (χ3v) is 3.36. The molecule has 0 bridgehead atoms. The van der Waals surface area contributed by atoms with Crippen molar-refractivity contribution in [2.24, 2.45) is 0 Å². The van der Waals surface area contributed by atoms with Gasteiger partial charge in [-0.15, -0.1) is 0 Å². The third kappa shape index (κ3) is 4.43. The maximum Gasteiger partial charge on any atom is 0.303 e. The Balaban J connectivity index is 2.11. The number of fused-ring (bicyclic) bond motifs is 1. The first-order valence-corrected chi connectivity index (χ1v) is 7.28. The summed E-state index contributed by atoms with van der Waals surface area (Å²) in [4.78, 5) is 35.3. The van der Waals surface area contributed by atoms with E-state index in [0.29, 0.717) is 17.1 Å². The first kappa shape index (κ1) is 17.7. The van der Waals surface area contributed by atoms with Gasteiger partial charge in [0.1, 0.15) is 5.75 Å². The van der Waals surface area contributed by atoms with Crippen molar-refractivity contribution < 1.29 is 34.4 Å². The Hall–Kier alpha value is -2.65. The standard InChI is InChI=1S/C15H18N2O7/c18-7-10(19)6-17-11-2-1-9(5-12(11)24-8-14(17)21)16-13(20)3-4-15(22)23/h1-2,5,10,18-19H,3-4,6-8H2,(H,16,20)(H,22,23). The minimum Gasteiger partial charge on any atom is -0.481 e. The van der Waals surface area contributed by atoms with Crippen LogP contribution in [0.4, 0.5) is 11.4 Å². The summed E-state index contributed by atoms with van der Waals surface area (Å²) < 4.78 is 5.32. The molecular formula is C15H18N2O7. The van der Waals surface area contributed by atoms with E-state index in [2.05, 4.69) is 5.32 Å². The van der Waals surface area contributed by atoms with Crippen molar-refractivity contribution in [3.63, 3.8) is 0 Å². The summed E-state index contributed by atoms with van der Waals surface area (Å²) in [6.07, 6.45) is -1.50. The van der Waals surface area contributed by atoms with Crippen LogP contribution in [0.1, 0.15) is 12.8 Å². The summed E-state index contributed by atoms with van der Waals surface area (Å²) in [5.74, 6) is -1.52. The van der Waals surface area contributed by atoms with Crippen molar-refractivity contribution in [3.05, 3.63) is 18.2 Å². The zero-order chi connectivity index (χ0) is 17.7. The van der Waals surface area contributed by atoms with Crippen LogP contribution < -0.4 is 15.0 Å². The summed E-state index contributed by atoms with van der Waals surface area (Å²) in [5.41, 5.74) is 0.823. The van der Waals surface area contributed by atoms with Crippen molar-refractivity contribution in [3.8, 4) is 5.75 Å². The number of amides is 2. The summed E-state index contributed by atoms with van der Waals surface area (Å²) in [6, 6.07) is 4.60. The van der Waals surface area contributed by atoms with Crippen LogP contribution in [0.2, 0.25) is 0 Å². The molecular weight excluding hydrogens is 320 g/mol. The fourth-order valence-electron chi connectivity index (χ4n) is 2.19. The van der Waals surface area contributed by atoms with Crippen LogP contribution in [0.5, 0.6) is 5.75 Å². The van der Waals surface area contributed by atoms with Gasteiger partial charge in [0.25, 0.3) is 5.91 Å². The molecule has 0 radical (unpaired) electrons. The molecule has 0 aromatic heterocycles. The SMILES string of the molecule is O=C(O)CCC(=O)Nc1ccc2c(c1)OCC(=O)N2CC(O)CO. The van der Waals surface area contributed by atoms with E-state index in [4.69, 9.17) is 14.9 Å². The van der Waals surface area contributed by atoms with Crippen molar-refractivity contribution in [1.82, 2.24) is 0 Å². The Morgan fingerprint density at radius 2 is 2.08 bits per heavy atom. The van der Waals surface area contributed by atoms with Crippen molar-refractivity contribution in [2.75, 3.05) is 30.0 Å². The van der Waals surface area contributed by atoms with E-state index in [1.54, 1.807) is 6.07 Å². The summed E-state index contributed by atoms with van der Waals surface area (Å²) in [6.45, 7) is -0.769. The molecule has 0 fully saturated rings. The number of rotatable bonds is 7. The number of hydrogen-bond acceptors (Lipinski definition) is 6. The average Bonchev–Trinajstić information content (AvgIpc) is 2.55. The van der Waals surface area contributed by atoms with Crippen LogP contribution >= 0.6 is 0 Å². The average molecular weight is 338 g/mol. The monoisotopic (exact) mass is 338 g/mol. The van der Waals surface area contributed by atoms with Crippen molar-refractivity contribution in [2.45, 2.75) is 18.9 Å². The minimum absolute atomic E-state index is 0.0734. The molecule has 130 valence electrons. The highest BCUT2D eigenvalue weighted by Gasteiger charge is 2.27. The molecule has 1 aliphatic rings.